The molecule has 3 nitrogen and oxygen atoms in total. The van der Waals surface area contributed by atoms with Crippen molar-refractivity contribution in [1.82, 2.24) is 4.98 Å². The van der Waals surface area contributed by atoms with Gasteiger partial charge in [-0.2, -0.15) is 0 Å². The van der Waals surface area contributed by atoms with Crippen LogP contribution in [-0.2, 0) is 6.61 Å². The molecule has 0 radical (unpaired) electrons. The van der Waals surface area contributed by atoms with Crippen molar-refractivity contribution in [3.8, 4) is 0 Å². The summed E-state index contributed by atoms with van der Waals surface area (Å²) >= 11 is 7.33. The predicted molar refractivity (Wildman–Crippen MR) is 58.0 cm³/mol. The first-order valence-electron chi connectivity index (χ1n) is 4.27. The molecule has 1 aromatic carbocycles. The van der Waals surface area contributed by atoms with E-state index in [4.69, 9.17) is 21.1 Å². The summed E-state index contributed by atoms with van der Waals surface area (Å²) in [7, 11) is 0. The van der Waals surface area contributed by atoms with Gasteiger partial charge in [0.1, 0.15) is 6.26 Å². The predicted octanol–water partition coefficient (Wildman–Crippen LogP) is 2.97. The first kappa shape index (κ1) is 10.5. The third-order valence-electron chi connectivity index (χ3n) is 1.82. The number of rotatable bonds is 3. The van der Waals surface area contributed by atoms with E-state index in [1.54, 1.807) is 18.3 Å². The number of aliphatic hydroxyl groups is 1. The summed E-state index contributed by atoms with van der Waals surface area (Å²) in [6, 6.07) is 5.39. The van der Waals surface area contributed by atoms with Gasteiger partial charge >= 0.3 is 0 Å². The van der Waals surface area contributed by atoms with Gasteiger partial charge in [0.2, 0.25) is 0 Å². The van der Waals surface area contributed by atoms with Crippen LogP contribution in [0.25, 0.3) is 0 Å². The second-order valence-corrected chi connectivity index (χ2v) is 4.16. The van der Waals surface area contributed by atoms with Crippen LogP contribution in [0.4, 0.5) is 0 Å². The van der Waals surface area contributed by atoms with Crippen molar-refractivity contribution < 1.29 is 9.52 Å². The van der Waals surface area contributed by atoms with Crippen molar-refractivity contribution in [2.75, 3.05) is 0 Å². The van der Waals surface area contributed by atoms with Crippen LogP contribution in [0.15, 0.2) is 45.2 Å². The summed E-state index contributed by atoms with van der Waals surface area (Å²) in [5.41, 5.74) is 0.769. The maximum absolute atomic E-state index is 9.15. The molecule has 2 aromatic rings. The van der Waals surface area contributed by atoms with Crippen LogP contribution in [-0.4, -0.2) is 10.1 Å². The topological polar surface area (TPSA) is 46.3 Å². The molecular formula is C10H8ClNO2S. The summed E-state index contributed by atoms with van der Waals surface area (Å²) in [6.07, 6.45) is 3.07. The van der Waals surface area contributed by atoms with E-state index in [0.717, 1.165) is 10.5 Å². The lowest BCUT2D eigenvalue weighted by molar-refractivity contribution is 0.279. The van der Waals surface area contributed by atoms with Crippen LogP contribution in [0.1, 0.15) is 5.56 Å². The number of aromatic nitrogens is 1. The van der Waals surface area contributed by atoms with Gasteiger partial charge in [-0.1, -0.05) is 23.7 Å². The Hall–Kier alpha value is -0.970. The Morgan fingerprint density at radius 1 is 1.47 bits per heavy atom. The highest BCUT2D eigenvalue weighted by Crippen LogP contribution is 2.35. The second-order valence-electron chi connectivity index (χ2n) is 2.79. The van der Waals surface area contributed by atoms with Gasteiger partial charge in [0, 0.05) is 4.90 Å². The first-order chi connectivity index (χ1) is 7.31. The van der Waals surface area contributed by atoms with Gasteiger partial charge in [0.05, 0.1) is 17.8 Å². The maximum Gasteiger partial charge on any atom is 0.260 e. The Kier molecular flexibility index (Phi) is 3.30. The Balaban J connectivity index is 2.34. The highest BCUT2D eigenvalue weighted by atomic mass is 35.5. The number of aliphatic hydroxyl groups excluding tert-OH is 1. The van der Waals surface area contributed by atoms with Gasteiger partial charge in [-0.15, -0.1) is 0 Å². The minimum absolute atomic E-state index is 0.0520. The molecule has 0 atom stereocenters. The number of benzene rings is 1. The molecule has 1 aromatic heterocycles. The SMILES string of the molecule is OCc1cccc(Cl)c1Sc1ncco1. The molecule has 15 heavy (non-hydrogen) atoms. The lowest BCUT2D eigenvalue weighted by Gasteiger charge is -2.06. The number of nitrogens with zero attached hydrogens (tertiary/aromatic N) is 1. The summed E-state index contributed by atoms with van der Waals surface area (Å²) in [4.78, 5) is 4.77. The largest absolute Gasteiger partial charge is 0.440 e. The van der Waals surface area contributed by atoms with Crippen LogP contribution < -0.4 is 0 Å². The average Bonchev–Trinajstić information content (AvgIpc) is 2.74. The smallest absolute Gasteiger partial charge is 0.260 e. The van der Waals surface area contributed by atoms with Crippen molar-refractivity contribution in [2.45, 2.75) is 16.7 Å². The van der Waals surface area contributed by atoms with Gasteiger partial charge in [-0.3, -0.25) is 0 Å². The number of oxazole rings is 1. The van der Waals surface area contributed by atoms with Crippen LogP contribution in [0.5, 0.6) is 0 Å². The van der Waals surface area contributed by atoms with E-state index in [9.17, 15) is 0 Å². The molecule has 1 heterocycles. The Morgan fingerprint density at radius 3 is 3.00 bits per heavy atom. The van der Waals surface area contributed by atoms with Gasteiger partial charge < -0.3 is 9.52 Å². The quantitative estimate of drug-likeness (QED) is 0.898. The Bertz CT molecular complexity index is 445. The normalized spacial score (nSPS) is 10.5. The fraction of sp³-hybridized carbons (Fsp3) is 0.100. The average molecular weight is 242 g/mol. The Labute approximate surface area is 96.1 Å². The zero-order valence-corrected chi connectivity index (χ0v) is 9.26. The fourth-order valence-electron chi connectivity index (χ4n) is 1.14. The molecule has 5 heteroatoms. The standard InChI is InChI=1S/C10H8ClNO2S/c11-8-3-1-2-7(6-13)9(8)15-10-12-4-5-14-10/h1-5,13H,6H2. The molecule has 0 amide bonds. The second kappa shape index (κ2) is 4.70. The Morgan fingerprint density at radius 2 is 2.33 bits per heavy atom. The van der Waals surface area contributed by atoms with Crippen molar-refractivity contribution in [1.29, 1.82) is 0 Å². The summed E-state index contributed by atoms with van der Waals surface area (Å²) in [6.45, 7) is -0.0520. The molecule has 0 saturated carbocycles. The molecule has 0 fully saturated rings. The third kappa shape index (κ3) is 2.34. The molecule has 0 aliphatic rings. The van der Waals surface area contributed by atoms with Gasteiger partial charge in [-0.05, 0) is 23.4 Å². The number of hydrogen-bond acceptors (Lipinski definition) is 4. The number of halogens is 1. The molecule has 0 aliphatic carbocycles. The lowest BCUT2D eigenvalue weighted by atomic mass is 10.2. The molecule has 1 N–H and O–H groups in total. The van der Waals surface area contributed by atoms with Crippen molar-refractivity contribution in [3.63, 3.8) is 0 Å². The zero-order valence-electron chi connectivity index (χ0n) is 7.68. The van der Waals surface area contributed by atoms with E-state index in [1.165, 1.54) is 18.0 Å². The van der Waals surface area contributed by atoms with E-state index in [0.29, 0.717) is 10.2 Å². The molecule has 0 unspecified atom stereocenters. The highest BCUT2D eigenvalue weighted by molar-refractivity contribution is 7.99. The summed E-state index contributed by atoms with van der Waals surface area (Å²) < 4.78 is 5.10. The monoisotopic (exact) mass is 241 g/mol. The zero-order chi connectivity index (χ0) is 10.7. The van der Waals surface area contributed by atoms with E-state index in [1.807, 2.05) is 6.07 Å². The van der Waals surface area contributed by atoms with Crippen molar-refractivity contribution in [2.24, 2.45) is 0 Å². The van der Waals surface area contributed by atoms with Gasteiger partial charge in [0.15, 0.2) is 0 Å². The highest BCUT2D eigenvalue weighted by Gasteiger charge is 2.10. The summed E-state index contributed by atoms with van der Waals surface area (Å²) in [5, 5.41) is 10.2. The minimum Gasteiger partial charge on any atom is -0.440 e. The van der Waals surface area contributed by atoms with Crippen LogP contribution in [0.3, 0.4) is 0 Å². The van der Waals surface area contributed by atoms with Crippen molar-refractivity contribution >= 4 is 23.4 Å². The fourth-order valence-corrected chi connectivity index (χ4v) is 2.27. The van der Waals surface area contributed by atoms with Gasteiger partial charge in [0.25, 0.3) is 5.22 Å². The maximum atomic E-state index is 9.15. The molecule has 78 valence electrons. The van der Waals surface area contributed by atoms with Gasteiger partial charge in [-0.25, -0.2) is 4.98 Å². The molecule has 0 bridgehead atoms. The van der Waals surface area contributed by atoms with Crippen LogP contribution >= 0.6 is 23.4 Å². The minimum atomic E-state index is -0.0520. The summed E-state index contributed by atoms with van der Waals surface area (Å²) in [5.74, 6) is 0. The molecular weight excluding hydrogens is 234 g/mol. The van der Waals surface area contributed by atoms with E-state index in [-0.39, 0.29) is 6.61 Å². The van der Waals surface area contributed by atoms with E-state index < -0.39 is 0 Å². The first-order valence-corrected chi connectivity index (χ1v) is 5.46. The lowest BCUT2D eigenvalue weighted by Crippen LogP contribution is -1.88. The molecule has 2 rings (SSSR count). The van der Waals surface area contributed by atoms with E-state index in [2.05, 4.69) is 4.98 Å². The number of hydrogen-bond donors (Lipinski definition) is 1. The van der Waals surface area contributed by atoms with E-state index >= 15 is 0 Å². The molecule has 0 saturated heterocycles. The molecule has 0 aliphatic heterocycles. The molecule has 0 spiro atoms. The van der Waals surface area contributed by atoms with Crippen LogP contribution in [0.2, 0.25) is 5.02 Å². The van der Waals surface area contributed by atoms with Crippen molar-refractivity contribution in [3.05, 3.63) is 41.2 Å². The van der Waals surface area contributed by atoms with Crippen LogP contribution in [0, 0.1) is 0 Å². The third-order valence-corrected chi connectivity index (χ3v) is 3.31.